The normalized spacial score (nSPS) is 13.5. The van der Waals surface area contributed by atoms with Crippen LogP contribution in [0.25, 0.3) is 0 Å². The monoisotopic (exact) mass is 327 g/mol. The van der Waals surface area contributed by atoms with Gasteiger partial charge in [0.1, 0.15) is 0 Å². The fourth-order valence-corrected chi connectivity index (χ4v) is 2.91. The smallest absolute Gasteiger partial charge is 0.193 e. The van der Waals surface area contributed by atoms with E-state index in [4.69, 9.17) is 11.6 Å². The molecular formula is C16H30ClN5. The van der Waals surface area contributed by atoms with Gasteiger partial charge in [0.2, 0.25) is 0 Å². The molecule has 1 unspecified atom stereocenters. The third-order valence-electron chi connectivity index (χ3n) is 4.04. The zero-order valence-electron chi connectivity index (χ0n) is 14.7. The van der Waals surface area contributed by atoms with Gasteiger partial charge in [0, 0.05) is 45.6 Å². The number of aliphatic imine (C=N–C) groups is 1. The van der Waals surface area contributed by atoms with Crippen LogP contribution in [-0.4, -0.2) is 60.1 Å². The summed E-state index contributed by atoms with van der Waals surface area (Å²) < 4.78 is 2.05. The van der Waals surface area contributed by atoms with Crippen LogP contribution in [0.4, 0.5) is 0 Å². The van der Waals surface area contributed by atoms with Gasteiger partial charge in [-0.1, -0.05) is 25.4 Å². The predicted molar refractivity (Wildman–Crippen MR) is 95.6 cm³/mol. The lowest BCUT2D eigenvalue weighted by Gasteiger charge is -2.29. The highest BCUT2D eigenvalue weighted by molar-refractivity contribution is 6.30. The van der Waals surface area contributed by atoms with E-state index in [-0.39, 0.29) is 0 Å². The first-order valence-electron chi connectivity index (χ1n) is 7.89. The average Bonchev–Trinajstić information content (AvgIpc) is 2.78. The summed E-state index contributed by atoms with van der Waals surface area (Å²) in [4.78, 5) is 8.91. The molecule has 0 radical (unpaired) electrons. The van der Waals surface area contributed by atoms with Gasteiger partial charge in [0.05, 0.1) is 11.6 Å². The zero-order chi connectivity index (χ0) is 16.7. The van der Waals surface area contributed by atoms with Gasteiger partial charge in [-0.15, -0.1) is 0 Å². The number of aryl methyl sites for hydroxylation is 1. The number of likely N-dealkylation sites (N-methyl/N-ethyl adjacent to an activating group) is 1. The molecule has 0 spiro atoms. The highest BCUT2D eigenvalue weighted by atomic mass is 35.5. The lowest BCUT2D eigenvalue weighted by molar-refractivity contribution is 0.230. The molecule has 0 amide bonds. The number of hydrogen-bond donors (Lipinski definition) is 1. The van der Waals surface area contributed by atoms with Gasteiger partial charge in [-0.3, -0.25) is 9.89 Å². The van der Waals surface area contributed by atoms with Gasteiger partial charge in [0.15, 0.2) is 5.96 Å². The number of nitrogens with zero attached hydrogens (tertiary/aromatic N) is 4. The van der Waals surface area contributed by atoms with Crippen LogP contribution in [0.15, 0.2) is 17.3 Å². The van der Waals surface area contributed by atoms with Crippen LogP contribution in [-0.2, 0) is 13.6 Å². The summed E-state index contributed by atoms with van der Waals surface area (Å²) in [5.74, 6) is 0.899. The van der Waals surface area contributed by atoms with E-state index < -0.39 is 0 Å². The Labute approximate surface area is 139 Å². The molecule has 1 aromatic heterocycles. The van der Waals surface area contributed by atoms with Crippen molar-refractivity contribution in [3.05, 3.63) is 23.0 Å². The van der Waals surface area contributed by atoms with Crippen molar-refractivity contribution >= 4 is 17.6 Å². The van der Waals surface area contributed by atoms with E-state index in [1.54, 1.807) is 0 Å². The molecule has 0 saturated heterocycles. The molecule has 6 heteroatoms. The third kappa shape index (κ3) is 5.21. The maximum absolute atomic E-state index is 6.04. The molecule has 1 atom stereocenters. The van der Waals surface area contributed by atoms with Crippen molar-refractivity contribution in [1.29, 1.82) is 0 Å². The van der Waals surface area contributed by atoms with E-state index in [2.05, 4.69) is 40.9 Å². The molecule has 0 bridgehead atoms. The minimum atomic E-state index is 0.477. The van der Waals surface area contributed by atoms with Crippen molar-refractivity contribution in [1.82, 2.24) is 19.7 Å². The number of guanidine groups is 1. The highest BCUT2D eigenvalue weighted by Gasteiger charge is 2.13. The second kappa shape index (κ2) is 9.06. The van der Waals surface area contributed by atoms with Crippen LogP contribution in [0.5, 0.6) is 0 Å². The highest BCUT2D eigenvalue weighted by Crippen LogP contribution is 2.14. The molecule has 1 rings (SSSR count). The van der Waals surface area contributed by atoms with E-state index in [0.717, 1.165) is 42.9 Å². The van der Waals surface area contributed by atoms with Crippen LogP contribution < -0.4 is 5.32 Å². The van der Waals surface area contributed by atoms with E-state index >= 15 is 0 Å². The topological polar surface area (TPSA) is 35.8 Å². The second-order valence-electron chi connectivity index (χ2n) is 5.61. The van der Waals surface area contributed by atoms with Crippen LogP contribution in [0.3, 0.4) is 0 Å². The third-order valence-corrected chi connectivity index (χ3v) is 4.25. The summed E-state index contributed by atoms with van der Waals surface area (Å²) >= 11 is 6.04. The van der Waals surface area contributed by atoms with Gasteiger partial charge >= 0.3 is 0 Å². The summed E-state index contributed by atoms with van der Waals surface area (Å²) in [5.41, 5.74) is 1.16. The fraction of sp³-hybridized carbons (Fsp3) is 0.688. The summed E-state index contributed by atoms with van der Waals surface area (Å²) in [5, 5.41) is 4.22. The molecule has 0 aliphatic rings. The standard InChI is InChI=1S/C16H30ClN5/c1-7-22(8-2)13(3)10-19-16(18-4)21(6)12-15-9-14(17)11-20(15)5/h9,11,13H,7-8,10,12H2,1-6H3,(H,18,19). The molecule has 0 aromatic carbocycles. The Morgan fingerprint density at radius 1 is 1.41 bits per heavy atom. The predicted octanol–water partition coefficient (Wildman–Crippen LogP) is 2.42. The Kier molecular flexibility index (Phi) is 7.76. The lowest BCUT2D eigenvalue weighted by atomic mass is 10.3. The molecule has 126 valence electrons. The van der Waals surface area contributed by atoms with Crippen LogP contribution in [0.2, 0.25) is 5.02 Å². The first kappa shape index (κ1) is 18.8. The van der Waals surface area contributed by atoms with Crippen molar-refractivity contribution in [2.45, 2.75) is 33.4 Å². The van der Waals surface area contributed by atoms with Gasteiger partial charge in [-0.25, -0.2) is 0 Å². The van der Waals surface area contributed by atoms with Crippen LogP contribution >= 0.6 is 11.6 Å². The molecule has 5 nitrogen and oxygen atoms in total. The first-order chi connectivity index (χ1) is 10.4. The number of rotatable bonds is 7. The van der Waals surface area contributed by atoms with Crippen molar-refractivity contribution in [3.63, 3.8) is 0 Å². The number of hydrogen-bond acceptors (Lipinski definition) is 2. The number of halogens is 1. The number of nitrogens with one attached hydrogen (secondary N) is 1. The molecule has 0 aliphatic carbocycles. The van der Waals surface area contributed by atoms with Gasteiger partial charge in [-0.2, -0.15) is 0 Å². The second-order valence-corrected chi connectivity index (χ2v) is 6.05. The summed E-state index contributed by atoms with van der Waals surface area (Å²) in [7, 11) is 5.87. The van der Waals surface area contributed by atoms with Gasteiger partial charge < -0.3 is 14.8 Å². The maximum atomic E-state index is 6.04. The summed E-state index contributed by atoms with van der Waals surface area (Å²) in [6, 6.07) is 2.47. The molecular weight excluding hydrogens is 298 g/mol. The Hall–Kier alpha value is -1.20. The van der Waals surface area contributed by atoms with Gasteiger partial charge in [0.25, 0.3) is 0 Å². The Bertz CT molecular complexity index is 479. The average molecular weight is 328 g/mol. The Morgan fingerprint density at radius 2 is 2.05 bits per heavy atom. The molecule has 1 heterocycles. The van der Waals surface area contributed by atoms with Crippen LogP contribution in [0, 0.1) is 0 Å². The molecule has 22 heavy (non-hydrogen) atoms. The van der Waals surface area contributed by atoms with Gasteiger partial charge in [-0.05, 0) is 26.1 Å². The molecule has 1 N–H and O–H groups in total. The quantitative estimate of drug-likeness (QED) is 0.617. The largest absolute Gasteiger partial charge is 0.355 e. The van der Waals surface area contributed by atoms with Crippen molar-refractivity contribution in [2.24, 2.45) is 12.0 Å². The minimum Gasteiger partial charge on any atom is -0.355 e. The van der Waals surface area contributed by atoms with E-state index in [9.17, 15) is 0 Å². The number of aromatic nitrogens is 1. The Balaban J connectivity index is 2.58. The minimum absolute atomic E-state index is 0.477. The molecule has 0 saturated carbocycles. The fourth-order valence-electron chi connectivity index (χ4n) is 2.64. The molecule has 1 aromatic rings. The van der Waals surface area contributed by atoms with E-state index in [1.165, 1.54) is 0 Å². The van der Waals surface area contributed by atoms with E-state index in [0.29, 0.717) is 6.04 Å². The maximum Gasteiger partial charge on any atom is 0.193 e. The van der Waals surface area contributed by atoms with Crippen LogP contribution in [0.1, 0.15) is 26.5 Å². The lowest BCUT2D eigenvalue weighted by Crippen LogP contribution is -2.46. The summed E-state index contributed by atoms with van der Waals surface area (Å²) in [6.45, 7) is 10.4. The van der Waals surface area contributed by atoms with Crippen molar-refractivity contribution in [3.8, 4) is 0 Å². The van der Waals surface area contributed by atoms with E-state index in [1.807, 2.05) is 38.0 Å². The first-order valence-corrected chi connectivity index (χ1v) is 8.27. The molecule has 0 aliphatic heterocycles. The van der Waals surface area contributed by atoms with Crippen molar-refractivity contribution < 1.29 is 0 Å². The Morgan fingerprint density at radius 3 is 2.50 bits per heavy atom. The van der Waals surface area contributed by atoms with Crippen molar-refractivity contribution in [2.75, 3.05) is 33.7 Å². The summed E-state index contributed by atoms with van der Waals surface area (Å²) in [6.07, 6.45) is 1.92. The molecule has 0 fully saturated rings. The SMILES string of the molecule is CCN(CC)C(C)CNC(=NC)N(C)Cc1cc(Cl)cn1C. The zero-order valence-corrected chi connectivity index (χ0v) is 15.5.